The zero-order valence-corrected chi connectivity index (χ0v) is 33.8. The number of ether oxygens (including phenoxy) is 4. The number of hydrogen-bond acceptors (Lipinski definition) is 19. The SMILES string of the molecule is CCCCCCCCCC(=O)OCSP1(=O)OC[C@H]2O[C@@H](n3cnc4c(N)ncnc43)[C@H](F)[C@@H]2OCP(=O)(O)OC[C@H]2O[C@@H](n3cnc4c(N)ncnc43)[C@H](F)[C@@H]2O1. The number of unbranched alkanes of at least 4 members (excludes halogenated alkanes) is 6. The van der Waals surface area contributed by atoms with Gasteiger partial charge in [-0.1, -0.05) is 45.4 Å². The number of aromatic nitrogens is 8. The zero-order chi connectivity index (χ0) is 41.0. The maximum absolute atomic E-state index is 16.7. The number of imidazole rings is 2. The van der Waals surface area contributed by atoms with Crippen molar-refractivity contribution in [2.75, 3.05) is 37.0 Å². The lowest BCUT2D eigenvalue weighted by Crippen LogP contribution is -2.35. The van der Waals surface area contributed by atoms with Gasteiger partial charge in [0.1, 0.15) is 60.4 Å². The van der Waals surface area contributed by atoms with Gasteiger partial charge in [0.05, 0.1) is 25.9 Å². The van der Waals surface area contributed by atoms with Crippen molar-refractivity contribution >= 4 is 65.7 Å². The molecular weight excluding hydrogens is 832 g/mol. The first-order valence-corrected chi connectivity index (χ1v) is 23.5. The number of rotatable bonds is 13. The number of carbonyl (C=O) groups excluding carboxylic acids is 1. The van der Waals surface area contributed by atoms with Gasteiger partial charge in [0.2, 0.25) is 0 Å². The van der Waals surface area contributed by atoms with Crippen molar-refractivity contribution in [3.63, 3.8) is 0 Å². The molecule has 3 aliphatic rings. The van der Waals surface area contributed by atoms with Crippen LogP contribution in [-0.4, -0.2) is 112 Å². The van der Waals surface area contributed by atoms with Crippen LogP contribution in [-0.2, 0) is 46.4 Å². The number of carbonyl (C=O) groups is 1. The van der Waals surface area contributed by atoms with E-state index in [2.05, 4.69) is 36.8 Å². The topological polar surface area (TPSA) is 275 Å². The van der Waals surface area contributed by atoms with E-state index in [9.17, 15) is 18.8 Å². The van der Waals surface area contributed by atoms with Crippen LogP contribution in [0.1, 0.15) is 70.7 Å². The molecule has 10 atom stereocenters. The smallest absolute Gasteiger partial charge is 0.392 e. The highest BCUT2D eigenvalue weighted by atomic mass is 32.7. The van der Waals surface area contributed by atoms with Crippen molar-refractivity contribution in [2.45, 2.75) is 108 Å². The average Bonchev–Trinajstić information content (AvgIpc) is 3.96. The van der Waals surface area contributed by atoms with E-state index in [-0.39, 0.29) is 40.4 Å². The summed E-state index contributed by atoms with van der Waals surface area (Å²) in [6.45, 7) is -3.99. The Bertz CT molecular complexity index is 2160. The Morgan fingerprint density at radius 1 is 0.845 bits per heavy atom. The van der Waals surface area contributed by atoms with Gasteiger partial charge in [0.15, 0.2) is 47.7 Å². The minimum Gasteiger partial charge on any atom is -0.454 e. The standard InChI is InChI=1S/C32H44F2N10O11P2S/c1-2-3-4-5-6-7-8-9-20(45)50-17-58-57(48)52-11-18-25(21(33)31(53-18)43-14-41-23-27(35)37-12-39-29(23)43)49-16-56(46,47)51-10-19-26(55-57)22(34)32(54-19)44-15-42-24-28(36)38-13-40-30(24)44/h12-15,18-19,21-22,25-26,31-32H,2-11,16-17H2,1H3,(H,46,47)(H2,35,37,39)(H2,36,38,40)/t18-,19-,21-,22-,25-,26-,31-,32-,57?/m1/s1. The maximum Gasteiger partial charge on any atom is 0.392 e. The highest BCUT2D eigenvalue weighted by Crippen LogP contribution is 2.63. The molecule has 0 aromatic carbocycles. The molecule has 0 aliphatic carbocycles. The van der Waals surface area contributed by atoms with Crippen LogP contribution in [0.5, 0.6) is 0 Å². The van der Waals surface area contributed by atoms with Crippen LogP contribution in [0.4, 0.5) is 20.4 Å². The molecule has 7 rings (SSSR count). The van der Waals surface area contributed by atoms with Gasteiger partial charge in [-0.05, 0) is 6.42 Å². The van der Waals surface area contributed by atoms with Crippen LogP contribution < -0.4 is 11.5 Å². The number of nitrogen functional groups attached to an aromatic ring is 2. The zero-order valence-electron chi connectivity index (χ0n) is 31.2. The Labute approximate surface area is 334 Å². The van der Waals surface area contributed by atoms with Gasteiger partial charge in [-0.15, -0.1) is 0 Å². The summed E-state index contributed by atoms with van der Waals surface area (Å²) in [4.78, 5) is 47.7. The molecule has 4 aromatic rings. The van der Waals surface area contributed by atoms with Gasteiger partial charge < -0.3 is 39.8 Å². The number of hydrogen-bond donors (Lipinski definition) is 3. The third-order valence-electron chi connectivity index (χ3n) is 9.79. The van der Waals surface area contributed by atoms with Crippen LogP contribution in [0.25, 0.3) is 22.3 Å². The van der Waals surface area contributed by atoms with E-state index in [1.807, 2.05) is 0 Å². The third-order valence-corrected chi connectivity index (χ3v) is 14.2. The number of nitrogens with two attached hydrogens (primary N) is 2. The molecule has 0 radical (unpaired) electrons. The molecule has 58 heavy (non-hydrogen) atoms. The van der Waals surface area contributed by atoms with E-state index < -0.39 is 95.1 Å². The van der Waals surface area contributed by atoms with Crippen molar-refractivity contribution in [1.82, 2.24) is 39.0 Å². The van der Waals surface area contributed by atoms with E-state index in [1.54, 1.807) is 0 Å². The van der Waals surface area contributed by atoms with E-state index in [4.69, 9.17) is 44.0 Å². The van der Waals surface area contributed by atoms with Crippen molar-refractivity contribution in [3.8, 4) is 0 Å². The summed E-state index contributed by atoms with van der Waals surface area (Å²) in [6.07, 6.45) is -2.84. The fourth-order valence-corrected chi connectivity index (χ4v) is 10.5. The second-order valence-electron chi connectivity index (χ2n) is 13.8. The molecule has 26 heteroatoms. The lowest BCUT2D eigenvalue weighted by atomic mass is 10.1. The molecule has 0 saturated carbocycles. The minimum atomic E-state index is -4.72. The molecule has 318 valence electrons. The van der Waals surface area contributed by atoms with Crippen molar-refractivity contribution in [1.29, 1.82) is 0 Å². The largest absolute Gasteiger partial charge is 0.454 e. The molecule has 0 bridgehead atoms. The molecule has 21 nitrogen and oxygen atoms in total. The Balaban J connectivity index is 1.12. The molecule has 0 amide bonds. The summed E-state index contributed by atoms with van der Waals surface area (Å²) < 4.78 is 103. The molecule has 3 saturated heterocycles. The van der Waals surface area contributed by atoms with Crippen LogP contribution >= 0.6 is 25.8 Å². The molecule has 3 aliphatic heterocycles. The monoisotopic (exact) mass is 876 g/mol. The van der Waals surface area contributed by atoms with Crippen LogP contribution in [0.2, 0.25) is 0 Å². The maximum atomic E-state index is 16.7. The average molecular weight is 877 g/mol. The summed E-state index contributed by atoms with van der Waals surface area (Å²) >= 11 is 0.436. The third kappa shape index (κ3) is 9.46. The van der Waals surface area contributed by atoms with Crippen molar-refractivity contribution in [2.24, 2.45) is 0 Å². The predicted octanol–water partition coefficient (Wildman–Crippen LogP) is 4.74. The van der Waals surface area contributed by atoms with Crippen molar-refractivity contribution in [3.05, 3.63) is 25.3 Å². The first kappa shape index (κ1) is 42.7. The first-order valence-electron chi connectivity index (χ1n) is 18.6. The summed E-state index contributed by atoms with van der Waals surface area (Å²) in [5, 5.41) is 0. The number of nitrogens with zero attached hydrogens (tertiary/aromatic N) is 8. The van der Waals surface area contributed by atoms with Gasteiger partial charge >= 0.3 is 20.4 Å². The number of alkyl halides is 2. The molecule has 0 spiro atoms. The van der Waals surface area contributed by atoms with Gasteiger partial charge in [-0.25, -0.2) is 43.2 Å². The highest BCUT2D eigenvalue weighted by molar-refractivity contribution is 8.55. The quantitative estimate of drug-likeness (QED) is 0.0707. The Kier molecular flexibility index (Phi) is 13.6. The van der Waals surface area contributed by atoms with Crippen LogP contribution in [0, 0.1) is 0 Å². The first-order chi connectivity index (χ1) is 27.9. The molecular formula is C32H44F2N10O11P2S. The lowest BCUT2D eigenvalue weighted by molar-refractivity contribution is -0.141. The van der Waals surface area contributed by atoms with E-state index in [0.29, 0.717) is 17.8 Å². The summed E-state index contributed by atoms with van der Waals surface area (Å²) in [7, 11) is -4.72. The van der Waals surface area contributed by atoms with Gasteiger partial charge in [0.25, 0.3) is 0 Å². The molecule has 5 N–H and O–H groups in total. The van der Waals surface area contributed by atoms with E-state index in [0.717, 1.165) is 51.2 Å². The second-order valence-corrected chi connectivity index (χ2v) is 19.6. The highest BCUT2D eigenvalue weighted by Gasteiger charge is 2.54. The fourth-order valence-electron chi connectivity index (χ4n) is 6.82. The van der Waals surface area contributed by atoms with E-state index >= 15 is 8.78 Å². The van der Waals surface area contributed by atoms with Crippen molar-refractivity contribution < 1.29 is 60.1 Å². The Morgan fingerprint density at radius 2 is 1.40 bits per heavy atom. The minimum absolute atomic E-state index is 0.0140. The van der Waals surface area contributed by atoms with E-state index in [1.165, 1.54) is 21.8 Å². The second kappa shape index (κ2) is 18.4. The van der Waals surface area contributed by atoms with Crippen LogP contribution in [0.15, 0.2) is 25.3 Å². The molecule has 3 fully saturated rings. The normalized spacial score (nSPS) is 32.0. The number of anilines is 2. The lowest BCUT2D eigenvalue weighted by Gasteiger charge is -2.26. The molecule has 4 aromatic heterocycles. The summed E-state index contributed by atoms with van der Waals surface area (Å²) in [5.74, 6) is -1.05. The Hall–Kier alpha value is -3.44. The molecule has 2 unspecified atom stereocenters. The number of fused-ring (bicyclic) bond motifs is 4. The summed E-state index contributed by atoms with van der Waals surface area (Å²) in [5.41, 5.74) is 12.4. The fraction of sp³-hybridized carbons (Fsp3) is 0.656. The van der Waals surface area contributed by atoms with Gasteiger partial charge in [-0.3, -0.25) is 27.5 Å². The Morgan fingerprint density at radius 3 is 2.02 bits per heavy atom. The summed E-state index contributed by atoms with van der Waals surface area (Å²) in [6, 6.07) is 0. The van der Waals surface area contributed by atoms with Gasteiger partial charge in [0, 0.05) is 17.8 Å². The van der Waals surface area contributed by atoms with Crippen LogP contribution in [0.3, 0.4) is 0 Å². The molecule has 7 heterocycles. The number of halogens is 2. The number of esters is 1. The van der Waals surface area contributed by atoms with Gasteiger partial charge in [-0.2, -0.15) is 0 Å². The predicted molar refractivity (Wildman–Crippen MR) is 202 cm³/mol.